The van der Waals surface area contributed by atoms with Crippen molar-refractivity contribution >= 4 is 17.3 Å². The second kappa shape index (κ2) is 5.34. The summed E-state index contributed by atoms with van der Waals surface area (Å²) in [5.41, 5.74) is 2.55. The van der Waals surface area contributed by atoms with E-state index in [0.29, 0.717) is 18.1 Å². The number of anilines is 1. The van der Waals surface area contributed by atoms with Gasteiger partial charge in [-0.15, -0.1) is 0 Å². The molecule has 2 saturated heterocycles. The smallest absolute Gasteiger partial charge is 0.0639 e. The van der Waals surface area contributed by atoms with E-state index in [1.807, 2.05) is 6.07 Å². The number of nitrogens with one attached hydrogen (secondary N) is 1. The number of hydrogen-bond donors (Lipinski definition) is 1. The summed E-state index contributed by atoms with van der Waals surface area (Å²) in [6, 6.07) is 8.39. The summed E-state index contributed by atoms with van der Waals surface area (Å²) in [7, 11) is 2.09. The summed E-state index contributed by atoms with van der Waals surface area (Å²) < 4.78 is 0. The van der Waals surface area contributed by atoms with Gasteiger partial charge in [0.1, 0.15) is 0 Å². The van der Waals surface area contributed by atoms with E-state index in [9.17, 15) is 0 Å². The van der Waals surface area contributed by atoms with Crippen molar-refractivity contribution in [1.82, 2.24) is 5.32 Å². The molecule has 3 heteroatoms. The van der Waals surface area contributed by atoms with Gasteiger partial charge in [0.05, 0.1) is 10.7 Å². The summed E-state index contributed by atoms with van der Waals surface area (Å²) in [4.78, 5) is 2.62. The lowest BCUT2D eigenvalue weighted by Crippen LogP contribution is -2.56. The van der Waals surface area contributed by atoms with E-state index in [-0.39, 0.29) is 0 Å². The molecule has 2 unspecified atom stereocenters. The van der Waals surface area contributed by atoms with E-state index < -0.39 is 0 Å². The van der Waals surface area contributed by atoms with Crippen LogP contribution in [0.25, 0.3) is 0 Å². The highest BCUT2D eigenvalue weighted by atomic mass is 35.5. The minimum Gasteiger partial charge on any atom is -0.364 e. The average Bonchev–Trinajstić information content (AvgIpc) is 2.40. The highest BCUT2D eigenvalue weighted by Gasteiger charge is 2.38. The normalized spacial score (nSPS) is 30.5. The monoisotopic (exact) mass is 278 g/mol. The molecule has 0 aliphatic carbocycles. The topological polar surface area (TPSA) is 15.3 Å². The van der Waals surface area contributed by atoms with Crippen LogP contribution in [0.4, 0.5) is 5.69 Å². The van der Waals surface area contributed by atoms with Crippen LogP contribution >= 0.6 is 11.6 Å². The molecule has 2 aliphatic rings. The molecular weight excluding hydrogens is 256 g/mol. The van der Waals surface area contributed by atoms with Crippen LogP contribution in [0, 0.1) is 6.92 Å². The number of nitrogens with zero attached hydrogens (tertiary/aromatic N) is 1. The molecule has 1 aromatic carbocycles. The first-order valence-electron chi connectivity index (χ1n) is 7.41. The maximum Gasteiger partial charge on any atom is 0.0639 e. The molecule has 2 nitrogen and oxygen atoms in total. The second-order valence-corrected chi connectivity index (χ2v) is 6.46. The van der Waals surface area contributed by atoms with Crippen LogP contribution in [0.1, 0.15) is 37.7 Å². The van der Waals surface area contributed by atoms with Crippen molar-refractivity contribution in [1.29, 1.82) is 0 Å². The highest BCUT2D eigenvalue weighted by Crippen LogP contribution is 2.40. The maximum atomic E-state index is 6.45. The fraction of sp³-hybridized carbons (Fsp3) is 0.625. The molecule has 0 radical (unpaired) electrons. The van der Waals surface area contributed by atoms with Gasteiger partial charge in [0.2, 0.25) is 0 Å². The van der Waals surface area contributed by atoms with Gasteiger partial charge in [0.15, 0.2) is 0 Å². The molecule has 2 heterocycles. The van der Waals surface area contributed by atoms with Crippen LogP contribution in [-0.4, -0.2) is 25.2 Å². The third kappa shape index (κ3) is 2.48. The van der Waals surface area contributed by atoms with E-state index >= 15 is 0 Å². The molecule has 1 aromatic rings. The lowest BCUT2D eigenvalue weighted by molar-refractivity contribution is 0.252. The Kier molecular flexibility index (Phi) is 3.72. The Morgan fingerprint density at radius 2 is 1.89 bits per heavy atom. The van der Waals surface area contributed by atoms with Gasteiger partial charge in [0, 0.05) is 18.1 Å². The molecule has 0 spiro atoms. The van der Waals surface area contributed by atoms with Crippen LogP contribution < -0.4 is 10.2 Å². The predicted octanol–water partition coefficient (Wildman–Crippen LogP) is 3.76. The van der Waals surface area contributed by atoms with Crippen LogP contribution in [0.15, 0.2) is 18.2 Å². The van der Waals surface area contributed by atoms with Crippen molar-refractivity contribution in [3.05, 3.63) is 28.8 Å². The maximum absolute atomic E-state index is 6.45. The Bertz CT molecular complexity index is 446. The molecule has 0 amide bonds. The third-order valence-electron chi connectivity index (χ3n) is 4.76. The molecular formula is C16H23ClN2. The van der Waals surface area contributed by atoms with E-state index in [0.717, 1.165) is 5.02 Å². The fourth-order valence-electron chi connectivity index (χ4n) is 3.83. The molecule has 1 N–H and O–H groups in total. The molecule has 0 saturated carbocycles. The average molecular weight is 279 g/mol. The number of fused-ring (bicyclic) bond motifs is 2. The number of benzene rings is 1. The number of hydrogen-bond acceptors (Lipinski definition) is 2. The standard InChI is InChI=1S/C16H23ClN2/c1-11-6-7-15(17)16(8-11)19-13-4-3-5-14(19)10-12(9-13)18-2/h6-8,12-14,18H,3-5,9-10H2,1-2H3. The van der Waals surface area contributed by atoms with Gasteiger partial charge in [0.25, 0.3) is 0 Å². The van der Waals surface area contributed by atoms with E-state index in [4.69, 9.17) is 11.6 Å². The van der Waals surface area contributed by atoms with Crippen molar-refractivity contribution in [2.24, 2.45) is 0 Å². The highest BCUT2D eigenvalue weighted by molar-refractivity contribution is 6.33. The van der Waals surface area contributed by atoms with E-state index in [1.54, 1.807) is 0 Å². The first-order valence-corrected chi connectivity index (χ1v) is 7.78. The Hall–Kier alpha value is -0.730. The van der Waals surface area contributed by atoms with Crippen molar-refractivity contribution in [2.45, 2.75) is 57.2 Å². The minimum absolute atomic E-state index is 0.657. The van der Waals surface area contributed by atoms with Gasteiger partial charge in [-0.2, -0.15) is 0 Å². The Morgan fingerprint density at radius 3 is 2.53 bits per heavy atom. The van der Waals surface area contributed by atoms with Gasteiger partial charge in [-0.1, -0.05) is 17.7 Å². The summed E-state index contributed by atoms with van der Waals surface area (Å²) in [5, 5.41) is 4.38. The molecule has 3 rings (SSSR count). The lowest BCUT2D eigenvalue weighted by Gasteiger charge is -2.50. The SMILES string of the molecule is CNC1CC2CCCC(C1)N2c1cc(C)ccc1Cl. The number of rotatable bonds is 2. The first kappa shape index (κ1) is 13.3. The molecule has 19 heavy (non-hydrogen) atoms. The summed E-state index contributed by atoms with van der Waals surface area (Å²) in [6.45, 7) is 2.15. The van der Waals surface area contributed by atoms with E-state index in [2.05, 4.69) is 36.3 Å². The second-order valence-electron chi connectivity index (χ2n) is 6.06. The largest absolute Gasteiger partial charge is 0.364 e. The minimum atomic E-state index is 0.657. The summed E-state index contributed by atoms with van der Waals surface area (Å²) >= 11 is 6.45. The summed E-state index contributed by atoms with van der Waals surface area (Å²) in [5.74, 6) is 0. The predicted molar refractivity (Wildman–Crippen MR) is 82.2 cm³/mol. The Balaban J connectivity index is 1.93. The van der Waals surface area contributed by atoms with E-state index in [1.165, 1.54) is 43.4 Å². The Labute approximate surface area is 121 Å². The summed E-state index contributed by atoms with van der Waals surface area (Å²) in [6.07, 6.45) is 6.47. The van der Waals surface area contributed by atoms with Gasteiger partial charge in [-0.25, -0.2) is 0 Å². The third-order valence-corrected chi connectivity index (χ3v) is 5.08. The first-order chi connectivity index (χ1) is 9.19. The van der Waals surface area contributed by atoms with Gasteiger partial charge < -0.3 is 10.2 Å². The zero-order valence-corrected chi connectivity index (χ0v) is 12.6. The zero-order valence-electron chi connectivity index (χ0n) is 11.8. The van der Waals surface area contributed by atoms with Crippen molar-refractivity contribution in [3.8, 4) is 0 Å². The van der Waals surface area contributed by atoms with Gasteiger partial charge in [-0.05, 0) is 63.8 Å². The van der Waals surface area contributed by atoms with Gasteiger partial charge >= 0.3 is 0 Å². The molecule has 2 atom stereocenters. The number of halogens is 1. The number of piperidine rings is 2. The van der Waals surface area contributed by atoms with Crippen molar-refractivity contribution in [2.75, 3.05) is 11.9 Å². The zero-order chi connectivity index (χ0) is 13.4. The van der Waals surface area contributed by atoms with Crippen molar-refractivity contribution in [3.63, 3.8) is 0 Å². The Morgan fingerprint density at radius 1 is 1.21 bits per heavy atom. The van der Waals surface area contributed by atoms with Crippen molar-refractivity contribution < 1.29 is 0 Å². The molecule has 0 aromatic heterocycles. The molecule has 2 bridgehead atoms. The van der Waals surface area contributed by atoms with Crippen LogP contribution in [0.5, 0.6) is 0 Å². The van der Waals surface area contributed by atoms with Crippen LogP contribution in [-0.2, 0) is 0 Å². The van der Waals surface area contributed by atoms with Gasteiger partial charge in [-0.3, -0.25) is 0 Å². The fourth-order valence-corrected chi connectivity index (χ4v) is 4.05. The lowest BCUT2D eigenvalue weighted by atomic mass is 9.81. The molecule has 104 valence electrons. The van der Waals surface area contributed by atoms with Crippen LogP contribution in [0.3, 0.4) is 0 Å². The number of aryl methyl sites for hydroxylation is 1. The van der Waals surface area contributed by atoms with Crippen LogP contribution in [0.2, 0.25) is 5.02 Å². The quantitative estimate of drug-likeness (QED) is 0.886. The molecule has 2 aliphatic heterocycles. The molecule has 2 fully saturated rings.